The first kappa shape index (κ1) is 30.2. The summed E-state index contributed by atoms with van der Waals surface area (Å²) in [4.78, 5) is 19.0. The monoisotopic (exact) mass is 579 g/mol. The highest BCUT2D eigenvalue weighted by Gasteiger charge is 2.53. The normalized spacial score (nSPS) is 18.4. The molecule has 0 spiro atoms. The van der Waals surface area contributed by atoms with Crippen LogP contribution in [0.2, 0.25) is 0 Å². The molecular weight excluding hydrogens is 542 g/mol. The number of ether oxygens (including phenoxy) is 2. The number of hydrazine groups is 1. The van der Waals surface area contributed by atoms with Crippen LogP contribution in [0.5, 0.6) is 5.75 Å². The molecule has 3 N–H and O–H groups in total. The number of amides is 1. The number of hydrogen-bond donors (Lipinski definition) is 3. The summed E-state index contributed by atoms with van der Waals surface area (Å²) in [5.41, 5.74) is 5.51. The van der Waals surface area contributed by atoms with Crippen molar-refractivity contribution in [2.75, 3.05) is 25.5 Å². The van der Waals surface area contributed by atoms with Crippen LogP contribution in [0.4, 0.5) is 0 Å². The van der Waals surface area contributed by atoms with Crippen LogP contribution in [0.15, 0.2) is 94.8 Å². The molecule has 10 heteroatoms. The average molecular weight is 580 g/mol. The van der Waals surface area contributed by atoms with E-state index in [0.29, 0.717) is 36.4 Å². The maximum Gasteiger partial charge on any atom is 0.266 e. The van der Waals surface area contributed by atoms with Crippen LogP contribution in [0, 0.1) is 0 Å². The minimum absolute atomic E-state index is 0.0427. The van der Waals surface area contributed by atoms with Crippen molar-refractivity contribution in [3.8, 4) is 5.75 Å². The number of carbonyl (C=O) groups excluding carboxylic acids is 1. The molecule has 2 atom stereocenters. The molecule has 0 unspecified atom stereocenters. The highest BCUT2D eigenvalue weighted by Crippen LogP contribution is 2.43. The molecule has 9 nitrogen and oxygen atoms in total. The summed E-state index contributed by atoms with van der Waals surface area (Å²) in [7, 11) is -3.71. The number of nitrogens with zero attached hydrogens (tertiary/aromatic N) is 1. The molecule has 218 valence electrons. The van der Waals surface area contributed by atoms with Crippen LogP contribution in [-0.2, 0) is 19.4 Å². The topological polar surface area (TPSA) is 126 Å². The van der Waals surface area contributed by atoms with Gasteiger partial charge in [0.1, 0.15) is 5.75 Å². The quantitative estimate of drug-likeness (QED) is 0.184. The number of aliphatic imine (C=N–C) groups is 1. The molecule has 4 rings (SSSR count). The molecule has 41 heavy (non-hydrogen) atoms. The van der Waals surface area contributed by atoms with Crippen molar-refractivity contribution in [2.45, 2.75) is 49.1 Å². The van der Waals surface area contributed by atoms with E-state index in [1.807, 2.05) is 30.3 Å². The molecular formula is C31H37N3O6S. The molecule has 0 saturated carbocycles. The second-order valence-corrected chi connectivity index (χ2v) is 11.9. The van der Waals surface area contributed by atoms with Crippen LogP contribution >= 0.6 is 0 Å². The number of aliphatic hydroxyl groups is 1. The average Bonchev–Trinajstić information content (AvgIpc) is 3.41. The van der Waals surface area contributed by atoms with Gasteiger partial charge in [-0.15, -0.1) is 0 Å². The second kappa shape index (κ2) is 14.2. The largest absolute Gasteiger partial charge is 0.494 e. The van der Waals surface area contributed by atoms with Crippen molar-refractivity contribution in [2.24, 2.45) is 4.99 Å². The molecule has 0 aliphatic carbocycles. The fraction of sp³-hybridized carbons (Fsp3) is 0.355. The molecule has 0 saturated heterocycles. The Balaban J connectivity index is 1.71. The Labute approximate surface area is 241 Å². The molecule has 1 amide bonds. The maximum atomic E-state index is 13.9. The lowest BCUT2D eigenvalue weighted by atomic mass is 9.85. The van der Waals surface area contributed by atoms with E-state index in [1.165, 1.54) is 0 Å². The minimum atomic E-state index is -3.71. The Hall–Kier alpha value is -3.73. The Morgan fingerprint density at radius 3 is 2.34 bits per heavy atom. The van der Waals surface area contributed by atoms with Crippen molar-refractivity contribution in [1.29, 1.82) is 0 Å². The van der Waals surface area contributed by atoms with Crippen LogP contribution in [0.1, 0.15) is 49.8 Å². The molecule has 3 aromatic carbocycles. The van der Waals surface area contributed by atoms with Gasteiger partial charge in [0.25, 0.3) is 5.91 Å². The summed E-state index contributed by atoms with van der Waals surface area (Å²) in [6, 6.07) is 24.5. The van der Waals surface area contributed by atoms with Crippen LogP contribution in [0.3, 0.4) is 0 Å². The number of benzene rings is 3. The molecule has 1 aliphatic rings. The third kappa shape index (κ3) is 7.52. The Morgan fingerprint density at radius 2 is 1.68 bits per heavy atom. The summed E-state index contributed by atoms with van der Waals surface area (Å²) < 4.78 is 38.7. The van der Waals surface area contributed by atoms with Crippen molar-refractivity contribution in [1.82, 2.24) is 10.9 Å². The smallest absolute Gasteiger partial charge is 0.266 e. The fourth-order valence-corrected chi connectivity index (χ4v) is 5.94. The first-order valence-electron chi connectivity index (χ1n) is 13.9. The van der Waals surface area contributed by atoms with Crippen molar-refractivity contribution in [3.05, 3.63) is 96.1 Å². The third-order valence-electron chi connectivity index (χ3n) is 6.84. The van der Waals surface area contributed by atoms with E-state index in [-0.39, 0.29) is 29.6 Å². The zero-order valence-corrected chi connectivity index (χ0v) is 24.0. The highest BCUT2D eigenvalue weighted by atomic mass is 32.2. The lowest BCUT2D eigenvalue weighted by molar-refractivity contribution is -0.130. The second-order valence-electron chi connectivity index (χ2n) is 9.82. The summed E-state index contributed by atoms with van der Waals surface area (Å²) in [5.74, 6) is 0.0882. The summed E-state index contributed by atoms with van der Waals surface area (Å²) >= 11 is 0. The van der Waals surface area contributed by atoms with Crippen molar-refractivity contribution >= 4 is 21.6 Å². The SMILES string of the molecule is CCCCNNC(=O)[C@@]1(CCS(=O)(=O)c2ccccc2)N=C(c2ccc(OCCCO)cc2)O[C@H]1c1ccccc1. The van der Waals surface area contributed by atoms with E-state index in [0.717, 1.165) is 12.8 Å². The van der Waals surface area contributed by atoms with Gasteiger partial charge in [-0.3, -0.25) is 10.2 Å². The summed E-state index contributed by atoms with van der Waals surface area (Å²) in [5, 5.41) is 9.00. The van der Waals surface area contributed by atoms with Gasteiger partial charge in [-0.05, 0) is 48.4 Å². The number of sulfone groups is 1. The van der Waals surface area contributed by atoms with Gasteiger partial charge in [0.15, 0.2) is 21.5 Å². The number of nitrogens with one attached hydrogen (secondary N) is 2. The highest BCUT2D eigenvalue weighted by molar-refractivity contribution is 7.91. The number of rotatable bonds is 15. The number of carbonyl (C=O) groups is 1. The zero-order chi connectivity index (χ0) is 29.1. The molecule has 0 radical (unpaired) electrons. The van der Waals surface area contributed by atoms with Gasteiger partial charge in [0, 0.05) is 31.6 Å². The number of hydrogen-bond acceptors (Lipinski definition) is 8. The minimum Gasteiger partial charge on any atom is -0.494 e. The fourth-order valence-electron chi connectivity index (χ4n) is 4.55. The Morgan fingerprint density at radius 1 is 1.00 bits per heavy atom. The van der Waals surface area contributed by atoms with Crippen LogP contribution in [0.25, 0.3) is 0 Å². The summed E-state index contributed by atoms with van der Waals surface area (Å²) in [6.07, 6.45) is 1.36. The van der Waals surface area contributed by atoms with Gasteiger partial charge < -0.3 is 14.6 Å². The van der Waals surface area contributed by atoms with Gasteiger partial charge >= 0.3 is 0 Å². The molecule has 1 aliphatic heterocycles. The number of aliphatic hydroxyl groups excluding tert-OH is 1. The van der Waals surface area contributed by atoms with Gasteiger partial charge in [0.05, 0.1) is 17.3 Å². The predicted molar refractivity (Wildman–Crippen MR) is 157 cm³/mol. The molecule has 0 aromatic heterocycles. The van der Waals surface area contributed by atoms with Crippen molar-refractivity contribution in [3.63, 3.8) is 0 Å². The van der Waals surface area contributed by atoms with Crippen LogP contribution < -0.4 is 15.6 Å². The van der Waals surface area contributed by atoms with E-state index in [4.69, 9.17) is 19.6 Å². The van der Waals surface area contributed by atoms with Gasteiger partial charge in [-0.1, -0.05) is 61.9 Å². The van der Waals surface area contributed by atoms with E-state index in [2.05, 4.69) is 17.8 Å². The van der Waals surface area contributed by atoms with Crippen molar-refractivity contribution < 1.29 is 27.8 Å². The zero-order valence-electron chi connectivity index (χ0n) is 23.2. The molecule has 3 aromatic rings. The van der Waals surface area contributed by atoms with E-state index >= 15 is 0 Å². The standard InChI is InChI=1S/C31H37N3O6S/c1-2-3-20-32-34-30(36)31(19-23-41(37,38)27-13-8-5-9-14-27)28(24-11-6-4-7-12-24)40-29(33-31)25-15-17-26(18-16-25)39-22-10-21-35/h4-9,11-18,28,32,35H,2-3,10,19-23H2,1H3,(H,34,36)/t28-,31-/m0/s1. The Kier molecular flexibility index (Phi) is 10.5. The first-order chi connectivity index (χ1) is 19.9. The molecule has 1 heterocycles. The predicted octanol–water partition coefficient (Wildman–Crippen LogP) is 3.99. The van der Waals surface area contributed by atoms with Crippen LogP contribution in [-0.4, -0.2) is 56.4 Å². The lowest BCUT2D eigenvalue weighted by Crippen LogP contribution is -2.53. The summed E-state index contributed by atoms with van der Waals surface area (Å²) in [6.45, 7) is 3.04. The van der Waals surface area contributed by atoms with Gasteiger partial charge in [0.2, 0.25) is 5.90 Å². The lowest BCUT2D eigenvalue weighted by Gasteiger charge is -2.30. The van der Waals surface area contributed by atoms with E-state index in [1.54, 1.807) is 54.6 Å². The third-order valence-corrected chi connectivity index (χ3v) is 8.58. The Bertz CT molecular complexity index is 1400. The molecule has 0 fully saturated rings. The van der Waals surface area contributed by atoms with E-state index < -0.39 is 27.4 Å². The maximum absolute atomic E-state index is 13.9. The van der Waals surface area contributed by atoms with Gasteiger partial charge in [-0.2, -0.15) is 0 Å². The van der Waals surface area contributed by atoms with E-state index in [9.17, 15) is 13.2 Å². The molecule has 0 bridgehead atoms. The first-order valence-corrected chi connectivity index (χ1v) is 15.5. The number of unbranched alkanes of at least 4 members (excludes halogenated alkanes) is 1. The van der Waals surface area contributed by atoms with Gasteiger partial charge in [-0.25, -0.2) is 18.8 Å².